The number of carbonyl (C=O) groups excluding carboxylic acids is 2. The zero-order valence-corrected chi connectivity index (χ0v) is 55.1. The number of aromatic amines is 1. The molecule has 4 aromatic rings. The van der Waals surface area contributed by atoms with E-state index in [1.807, 2.05) is 24.5 Å². The normalized spacial score (nSPS) is 12.4. The molecule has 0 atom stereocenters. The Bertz CT molecular complexity index is 3050. The summed E-state index contributed by atoms with van der Waals surface area (Å²) in [6, 6.07) is 16.5. The Labute approximate surface area is 536 Å². The molecule has 1 N–H and O–H groups in total. The number of carbonyl (C=O) groups is 2. The number of amides is 2. The highest BCUT2D eigenvalue weighted by Crippen LogP contribution is 2.38. The third-order valence-electron chi connectivity index (χ3n) is 15.2. The van der Waals surface area contributed by atoms with Gasteiger partial charge in [0.05, 0.1) is 197 Å². The van der Waals surface area contributed by atoms with E-state index in [0.717, 1.165) is 90.8 Å². The monoisotopic (exact) mass is 1270 g/mol. The second-order valence-corrected chi connectivity index (χ2v) is 21.4. The molecule has 4 heterocycles. The molecule has 2 amide bonds. The Kier molecular flexibility index (Phi) is 35.2. The van der Waals surface area contributed by atoms with Gasteiger partial charge >= 0.3 is 12.2 Å². The largest absolute Gasteiger partial charge is 0.449 e. The average molecular weight is 1270 g/mol. The number of H-pyrrole nitrogens is 1. The van der Waals surface area contributed by atoms with Crippen LogP contribution in [0.2, 0.25) is 0 Å². The Morgan fingerprint density at radius 1 is 0.429 bits per heavy atom. The minimum absolute atomic E-state index is 0.170. The molecule has 0 spiro atoms. The summed E-state index contributed by atoms with van der Waals surface area (Å²) in [6.45, 7) is 18.4. The summed E-state index contributed by atoms with van der Waals surface area (Å²) in [5.41, 5.74) is 12.7. The number of rotatable bonds is 46. The summed E-state index contributed by atoms with van der Waals surface area (Å²) in [5, 5.41) is 2.05. The van der Waals surface area contributed by atoms with Gasteiger partial charge in [0.25, 0.3) is 0 Å². The van der Waals surface area contributed by atoms with Crippen LogP contribution in [0.3, 0.4) is 0 Å². The molecule has 2 aromatic heterocycles. The second kappa shape index (κ2) is 43.5. The van der Waals surface area contributed by atoms with Crippen LogP contribution in [0.25, 0.3) is 55.1 Å². The fourth-order valence-electron chi connectivity index (χ4n) is 10.1. The SMILES string of the molecule is CCC1=C(CC)c2cc3[nH]c(cnc4cc5ccccc5cc4ncc4nc(cc1n2)C(CCCOC(=O)N(CCOCCOCCOC)CCOCCOCCOC)=C4C)c(C)c3CCCOC(=O)N(CCOCCOCCOC)CCOCCOCCOC. The predicted octanol–water partition coefficient (Wildman–Crippen LogP) is 9.77. The molecule has 502 valence electrons. The number of aromatic nitrogens is 5. The van der Waals surface area contributed by atoms with E-state index in [-0.39, 0.29) is 13.2 Å². The third-order valence-corrected chi connectivity index (χ3v) is 15.2. The fraction of sp³-hybridized carbons (Fsp3) is 0.588. The summed E-state index contributed by atoms with van der Waals surface area (Å²) in [6.07, 6.45) is 6.53. The van der Waals surface area contributed by atoms with Gasteiger partial charge in [0, 0.05) is 60.1 Å². The molecule has 0 aliphatic carbocycles. The molecule has 0 unspecified atom stereocenters. The molecule has 23 nitrogen and oxygen atoms in total. The first-order valence-electron chi connectivity index (χ1n) is 31.9. The predicted molar refractivity (Wildman–Crippen MR) is 351 cm³/mol. The van der Waals surface area contributed by atoms with Crippen molar-refractivity contribution in [3.05, 3.63) is 94.8 Å². The maximum atomic E-state index is 13.7. The van der Waals surface area contributed by atoms with Crippen molar-refractivity contribution in [1.82, 2.24) is 34.7 Å². The molecule has 6 bridgehead atoms. The highest BCUT2D eigenvalue weighted by Gasteiger charge is 2.23. The molecule has 91 heavy (non-hydrogen) atoms. The van der Waals surface area contributed by atoms with Crippen LogP contribution in [-0.2, 0) is 72.7 Å². The topological polar surface area (TPSA) is 237 Å². The summed E-state index contributed by atoms with van der Waals surface area (Å²) < 4.78 is 77.5. The molecule has 0 fully saturated rings. The first-order valence-corrected chi connectivity index (χ1v) is 31.9. The number of methoxy groups -OCH3 is 4. The van der Waals surface area contributed by atoms with Gasteiger partial charge in [-0.15, -0.1) is 0 Å². The minimum Gasteiger partial charge on any atom is -0.449 e. The zero-order chi connectivity index (χ0) is 64.7. The number of allylic oxidation sites excluding steroid dienone is 4. The van der Waals surface area contributed by atoms with Crippen LogP contribution in [-0.4, -0.2) is 247 Å². The first-order chi connectivity index (χ1) is 44.6. The number of nitrogens with zero attached hydrogens (tertiary/aromatic N) is 6. The van der Waals surface area contributed by atoms with Crippen molar-refractivity contribution in [3.63, 3.8) is 0 Å². The van der Waals surface area contributed by atoms with Crippen LogP contribution >= 0.6 is 0 Å². The maximum Gasteiger partial charge on any atom is 0.409 e. The van der Waals surface area contributed by atoms with Gasteiger partial charge in [-0.05, 0) is 121 Å². The van der Waals surface area contributed by atoms with Crippen LogP contribution in [0.15, 0.2) is 60.9 Å². The Balaban J connectivity index is 1.26. The van der Waals surface area contributed by atoms with E-state index in [2.05, 4.69) is 69.1 Å². The number of nitrogens with one attached hydrogen (secondary N) is 1. The highest BCUT2D eigenvalue weighted by atomic mass is 16.6. The van der Waals surface area contributed by atoms with Crippen molar-refractivity contribution in [2.24, 2.45) is 0 Å². The quantitative estimate of drug-likeness (QED) is 0.0405. The molecule has 23 heteroatoms. The fourth-order valence-corrected chi connectivity index (χ4v) is 10.1. The van der Waals surface area contributed by atoms with Crippen molar-refractivity contribution >= 4 is 67.3 Å². The van der Waals surface area contributed by atoms with Gasteiger partial charge in [0.15, 0.2) is 0 Å². The van der Waals surface area contributed by atoms with E-state index in [0.29, 0.717) is 195 Å². The van der Waals surface area contributed by atoms with Gasteiger partial charge in [0.1, 0.15) is 0 Å². The summed E-state index contributed by atoms with van der Waals surface area (Å²) in [4.78, 5) is 55.3. The van der Waals surface area contributed by atoms with Gasteiger partial charge < -0.3 is 81.1 Å². The molecule has 2 aromatic carbocycles. The Hall–Kier alpha value is -6.32. The average Bonchev–Trinajstić information content (AvgIpc) is 1.71. The maximum absolute atomic E-state index is 13.7. The molecule has 2 aliphatic heterocycles. The molecular formula is C68H99N7O16. The van der Waals surface area contributed by atoms with E-state index in [1.54, 1.807) is 38.2 Å². The van der Waals surface area contributed by atoms with Crippen LogP contribution in [0.1, 0.15) is 86.8 Å². The van der Waals surface area contributed by atoms with Crippen LogP contribution in [0, 0.1) is 6.92 Å². The third kappa shape index (κ3) is 25.3. The Morgan fingerprint density at radius 2 is 0.813 bits per heavy atom. The number of hydrogen-bond donors (Lipinski definition) is 1. The van der Waals surface area contributed by atoms with Gasteiger partial charge in [-0.1, -0.05) is 38.1 Å². The minimum atomic E-state index is -0.454. The Morgan fingerprint density at radius 3 is 1.25 bits per heavy atom. The summed E-state index contributed by atoms with van der Waals surface area (Å²) >= 11 is 0. The lowest BCUT2D eigenvalue weighted by molar-refractivity contribution is 0.00801. The van der Waals surface area contributed by atoms with Gasteiger partial charge in [-0.25, -0.2) is 19.6 Å². The van der Waals surface area contributed by atoms with Crippen molar-refractivity contribution in [3.8, 4) is 0 Å². The van der Waals surface area contributed by atoms with Gasteiger partial charge in [-0.2, -0.15) is 0 Å². The number of hydrogen-bond acceptors (Lipinski definition) is 20. The van der Waals surface area contributed by atoms with Gasteiger partial charge in [-0.3, -0.25) is 9.97 Å². The second-order valence-electron chi connectivity index (χ2n) is 21.4. The standard InChI is InChI=1S/C68H99N7O16/c1-9-55-56(10-2)60-48-62-58(18-14-24-91-68(77)75(21-27-84-39-43-88-35-31-80-7)22-28-85-40-44-89-36-32-81-8)52(4)66(73-62)50-70-64-46-54-16-12-11-15-53(54)45-63(64)69-49-65-51(3)57(61(72-65)47-59(55)71-60)17-13-23-90-67(76)74(19-25-82-37-41-86-33-29-78-5)20-26-83-38-42-87-34-30-79-6/h11-12,15-16,45-50,72H,9-10,13-14,17-44H2,1-8H3. The van der Waals surface area contributed by atoms with Crippen molar-refractivity contribution in [2.45, 2.75) is 66.2 Å². The van der Waals surface area contributed by atoms with Gasteiger partial charge in [0.2, 0.25) is 0 Å². The number of aryl methyl sites for hydroxylation is 2. The van der Waals surface area contributed by atoms with Crippen molar-refractivity contribution < 1.29 is 75.9 Å². The lowest BCUT2D eigenvalue weighted by Crippen LogP contribution is -2.37. The summed E-state index contributed by atoms with van der Waals surface area (Å²) in [5.74, 6) is 0. The molecule has 2 aliphatic rings. The van der Waals surface area contributed by atoms with Crippen LogP contribution in [0.4, 0.5) is 9.59 Å². The smallest absolute Gasteiger partial charge is 0.409 e. The molecule has 0 saturated carbocycles. The highest BCUT2D eigenvalue weighted by molar-refractivity contribution is 5.96. The van der Waals surface area contributed by atoms with E-state index in [4.69, 9.17) is 86.3 Å². The van der Waals surface area contributed by atoms with Crippen molar-refractivity contribution in [2.75, 3.05) is 200 Å². The molecule has 0 saturated heterocycles. The van der Waals surface area contributed by atoms with Crippen molar-refractivity contribution in [1.29, 1.82) is 0 Å². The lowest BCUT2D eigenvalue weighted by atomic mass is 9.98. The molecule has 0 radical (unpaired) electrons. The van der Waals surface area contributed by atoms with E-state index >= 15 is 0 Å². The lowest BCUT2D eigenvalue weighted by Gasteiger charge is -2.22. The molecular weight excluding hydrogens is 1170 g/mol. The van der Waals surface area contributed by atoms with E-state index < -0.39 is 12.2 Å². The number of fused-ring (bicyclic) bond motifs is 8. The van der Waals surface area contributed by atoms with Crippen LogP contribution < -0.4 is 0 Å². The number of ether oxygens (including phenoxy) is 14. The first kappa shape index (κ1) is 73.7. The summed E-state index contributed by atoms with van der Waals surface area (Å²) in [7, 11) is 6.52. The van der Waals surface area contributed by atoms with Crippen LogP contribution in [0.5, 0.6) is 0 Å². The van der Waals surface area contributed by atoms with E-state index in [1.165, 1.54) is 0 Å². The molecule has 6 rings (SSSR count). The zero-order valence-electron chi connectivity index (χ0n) is 55.1. The number of benzene rings is 2. The van der Waals surface area contributed by atoms with E-state index in [9.17, 15) is 9.59 Å².